The molecule has 0 bridgehead atoms. The molecule has 0 atom stereocenters. The Hall–Kier alpha value is -3.34. The summed E-state index contributed by atoms with van der Waals surface area (Å²) in [6.07, 6.45) is 2.66. The molecule has 2 heterocycles. The highest BCUT2D eigenvalue weighted by molar-refractivity contribution is 6.07. The number of nitrogens with zero attached hydrogens (tertiary/aromatic N) is 2. The lowest BCUT2D eigenvalue weighted by Gasteiger charge is -2.30. The van der Waals surface area contributed by atoms with Gasteiger partial charge in [-0.1, -0.05) is 24.3 Å². The van der Waals surface area contributed by atoms with Crippen LogP contribution in [0.4, 0.5) is 11.5 Å². The summed E-state index contributed by atoms with van der Waals surface area (Å²) in [5.74, 6) is 0.672. The van der Waals surface area contributed by atoms with Crippen molar-refractivity contribution in [2.45, 2.75) is 19.9 Å². The van der Waals surface area contributed by atoms with E-state index in [9.17, 15) is 9.90 Å². The van der Waals surface area contributed by atoms with E-state index in [0.717, 1.165) is 25.1 Å². The summed E-state index contributed by atoms with van der Waals surface area (Å²) in [4.78, 5) is 19.6. The van der Waals surface area contributed by atoms with Crippen molar-refractivity contribution in [2.75, 3.05) is 16.8 Å². The monoisotopic (exact) mass is 359 g/mol. The Morgan fingerprint density at radius 1 is 1.11 bits per heavy atom. The van der Waals surface area contributed by atoms with E-state index in [1.165, 1.54) is 11.1 Å². The summed E-state index contributed by atoms with van der Waals surface area (Å²) in [7, 11) is 0. The fourth-order valence-electron chi connectivity index (χ4n) is 3.48. The number of anilines is 2. The Morgan fingerprint density at radius 2 is 1.93 bits per heavy atom. The van der Waals surface area contributed by atoms with Gasteiger partial charge in [0, 0.05) is 25.0 Å². The van der Waals surface area contributed by atoms with E-state index in [-0.39, 0.29) is 11.7 Å². The number of hydrogen-bond acceptors (Lipinski definition) is 4. The van der Waals surface area contributed by atoms with Crippen molar-refractivity contribution in [1.29, 1.82) is 0 Å². The molecule has 0 saturated carbocycles. The van der Waals surface area contributed by atoms with Crippen molar-refractivity contribution in [2.24, 2.45) is 0 Å². The minimum Gasteiger partial charge on any atom is -0.508 e. The van der Waals surface area contributed by atoms with Crippen LogP contribution in [0.1, 0.15) is 27.0 Å². The zero-order chi connectivity index (χ0) is 18.8. The van der Waals surface area contributed by atoms with Crippen molar-refractivity contribution < 1.29 is 9.90 Å². The molecule has 1 aliphatic heterocycles. The van der Waals surface area contributed by atoms with E-state index >= 15 is 0 Å². The predicted molar refractivity (Wildman–Crippen MR) is 106 cm³/mol. The molecule has 0 unspecified atom stereocenters. The second-order valence-corrected chi connectivity index (χ2v) is 6.77. The van der Waals surface area contributed by atoms with Crippen molar-refractivity contribution in [3.8, 4) is 5.75 Å². The molecule has 0 fully saturated rings. The smallest absolute Gasteiger partial charge is 0.259 e. The Kier molecular flexibility index (Phi) is 4.50. The summed E-state index contributed by atoms with van der Waals surface area (Å²) >= 11 is 0. The number of aromatic nitrogens is 1. The minimum absolute atomic E-state index is 0.180. The van der Waals surface area contributed by atoms with Crippen LogP contribution >= 0.6 is 0 Å². The van der Waals surface area contributed by atoms with E-state index in [0.29, 0.717) is 17.1 Å². The maximum atomic E-state index is 12.9. The molecule has 1 aromatic heterocycles. The first-order valence-corrected chi connectivity index (χ1v) is 8.99. The molecule has 136 valence electrons. The molecule has 27 heavy (non-hydrogen) atoms. The van der Waals surface area contributed by atoms with Gasteiger partial charge in [-0.3, -0.25) is 4.79 Å². The maximum absolute atomic E-state index is 12.9. The number of aryl methyl sites for hydroxylation is 1. The number of aromatic hydroxyl groups is 1. The van der Waals surface area contributed by atoms with Crippen molar-refractivity contribution >= 4 is 17.4 Å². The van der Waals surface area contributed by atoms with Crippen LogP contribution in [-0.4, -0.2) is 22.5 Å². The fraction of sp³-hybridized carbons (Fsp3) is 0.182. The quantitative estimate of drug-likeness (QED) is 0.696. The number of nitrogens with one attached hydrogen (secondary N) is 1. The number of hydrogen-bond donors (Lipinski definition) is 2. The highest BCUT2D eigenvalue weighted by Crippen LogP contribution is 2.27. The van der Waals surface area contributed by atoms with Crippen molar-refractivity contribution in [3.63, 3.8) is 0 Å². The second-order valence-electron chi connectivity index (χ2n) is 6.77. The summed E-state index contributed by atoms with van der Waals surface area (Å²) in [6, 6.07) is 16.9. The lowest BCUT2D eigenvalue weighted by atomic mass is 9.99. The standard InChI is InChI=1S/C22H21N3O2/c1-15-13-18(26)8-9-20(15)24-22(27)19-7-4-11-23-21(19)25-12-10-16-5-2-3-6-17(16)14-25/h2-9,11,13,26H,10,12,14H2,1H3,(H,24,27). The van der Waals surface area contributed by atoms with Crippen LogP contribution in [0.25, 0.3) is 0 Å². The summed E-state index contributed by atoms with van der Waals surface area (Å²) in [6.45, 7) is 3.42. The lowest BCUT2D eigenvalue weighted by molar-refractivity contribution is 0.102. The number of carbonyl (C=O) groups is 1. The van der Waals surface area contributed by atoms with Crippen LogP contribution < -0.4 is 10.2 Å². The molecule has 4 rings (SSSR count). The number of rotatable bonds is 3. The highest BCUT2D eigenvalue weighted by atomic mass is 16.3. The first-order chi connectivity index (χ1) is 13.1. The molecule has 0 radical (unpaired) electrons. The zero-order valence-corrected chi connectivity index (χ0v) is 15.1. The third-order valence-corrected chi connectivity index (χ3v) is 4.92. The van der Waals surface area contributed by atoms with Crippen LogP contribution in [-0.2, 0) is 13.0 Å². The zero-order valence-electron chi connectivity index (χ0n) is 15.1. The van der Waals surface area contributed by atoms with E-state index in [1.54, 1.807) is 36.5 Å². The van der Waals surface area contributed by atoms with Gasteiger partial charge in [-0.05, 0) is 60.4 Å². The minimum atomic E-state index is -0.203. The molecule has 0 spiro atoms. The number of amides is 1. The van der Waals surface area contributed by atoms with Crippen LogP contribution in [0.5, 0.6) is 5.75 Å². The number of pyridine rings is 1. The van der Waals surface area contributed by atoms with Crippen molar-refractivity contribution in [3.05, 3.63) is 83.0 Å². The molecule has 0 aliphatic carbocycles. The highest BCUT2D eigenvalue weighted by Gasteiger charge is 2.22. The average molecular weight is 359 g/mol. The molecule has 5 heteroatoms. The number of phenolic OH excluding ortho intramolecular Hbond substituents is 1. The molecule has 1 amide bonds. The van der Waals surface area contributed by atoms with Gasteiger partial charge in [-0.15, -0.1) is 0 Å². The molecular formula is C22H21N3O2. The third kappa shape index (κ3) is 3.49. The largest absolute Gasteiger partial charge is 0.508 e. The van der Waals surface area contributed by atoms with Crippen LogP contribution in [0.2, 0.25) is 0 Å². The Balaban J connectivity index is 1.61. The van der Waals surface area contributed by atoms with Gasteiger partial charge in [0.05, 0.1) is 5.56 Å². The maximum Gasteiger partial charge on any atom is 0.259 e. The Bertz CT molecular complexity index is 1000. The Morgan fingerprint density at radius 3 is 2.74 bits per heavy atom. The molecule has 1 aliphatic rings. The number of carbonyl (C=O) groups excluding carboxylic acids is 1. The van der Waals surface area contributed by atoms with Gasteiger partial charge in [0.2, 0.25) is 0 Å². The van der Waals surface area contributed by atoms with Gasteiger partial charge in [0.15, 0.2) is 0 Å². The molecule has 2 N–H and O–H groups in total. The van der Waals surface area contributed by atoms with E-state index in [2.05, 4.69) is 33.4 Å². The van der Waals surface area contributed by atoms with Gasteiger partial charge in [0.1, 0.15) is 11.6 Å². The second kappa shape index (κ2) is 7.11. The summed E-state index contributed by atoms with van der Waals surface area (Å²) in [5.41, 5.74) is 4.66. The van der Waals surface area contributed by atoms with E-state index in [1.807, 2.05) is 13.0 Å². The van der Waals surface area contributed by atoms with Gasteiger partial charge >= 0.3 is 0 Å². The number of benzene rings is 2. The number of phenols is 1. The van der Waals surface area contributed by atoms with Crippen molar-refractivity contribution in [1.82, 2.24) is 4.98 Å². The first kappa shape index (κ1) is 17.1. The summed E-state index contributed by atoms with van der Waals surface area (Å²) < 4.78 is 0. The molecular weight excluding hydrogens is 338 g/mol. The Labute approximate surface area is 158 Å². The predicted octanol–water partition coefficient (Wildman–Crippen LogP) is 3.91. The third-order valence-electron chi connectivity index (χ3n) is 4.92. The van der Waals surface area contributed by atoms with Crippen LogP contribution in [0, 0.1) is 6.92 Å². The molecule has 0 saturated heterocycles. The normalized spacial score (nSPS) is 13.1. The first-order valence-electron chi connectivity index (χ1n) is 8.99. The average Bonchev–Trinajstić information content (AvgIpc) is 2.69. The van der Waals surface area contributed by atoms with E-state index in [4.69, 9.17) is 0 Å². The summed E-state index contributed by atoms with van der Waals surface area (Å²) in [5, 5.41) is 12.5. The topological polar surface area (TPSA) is 65.5 Å². The molecule has 3 aromatic rings. The van der Waals surface area contributed by atoms with Gasteiger partial charge in [0.25, 0.3) is 5.91 Å². The number of fused-ring (bicyclic) bond motifs is 1. The van der Waals surface area contributed by atoms with E-state index < -0.39 is 0 Å². The lowest BCUT2D eigenvalue weighted by Crippen LogP contribution is -2.32. The van der Waals surface area contributed by atoms with Crippen LogP contribution in [0.3, 0.4) is 0 Å². The van der Waals surface area contributed by atoms with Gasteiger partial charge in [-0.25, -0.2) is 4.98 Å². The van der Waals surface area contributed by atoms with Crippen LogP contribution in [0.15, 0.2) is 60.8 Å². The molecule has 5 nitrogen and oxygen atoms in total. The van der Waals surface area contributed by atoms with Gasteiger partial charge in [-0.2, -0.15) is 0 Å². The SMILES string of the molecule is Cc1cc(O)ccc1NC(=O)c1cccnc1N1CCc2ccccc2C1. The fourth-order valence-corrected chi connectivity index (χ4v) is 3.48. The van der Waals surface area contributed by atoms with Gasteiger partial charge < -0.3 is 15.3 Å². The molecule has 2 aromatic carbocycles.